The number of nitrogens with one attached hydrogen (secondary N) is 1. The van der Waals surface area contributed by atoms with Gasteiger partial charge in [-0.3, -0.25) is 0 Å². The molecule has 0 aliphatic rings. The lowest BCUT2D eigenvalue weighted by molar-refractivity contribution is 1.09. The summed E-state index contributed by atoms with van der Waals surface area (Å²) in [6.07, 6.45) is 4.13. The summed E-state index contributed by atoms with van der Waals surface area (Å²) in [5, 5.41) is 2.50. The highest BCUT2D eigenvalue weighted by Crippen LogP contribution is 2.31. The molecule has 0 amide bonds. The Morgan fingerprint density at radius 1 is 0.895 bits per heavy atom. The number of H-pyrrole nitrogens is 1. The van der Waals surface area contributed by atoms with Crippen molar-refractivity contribution in [3.63, 3.8) is 0 Å². The Morgan fingerprint density at radius 2 is 1.74 bits per heavy atom. The number of fused-ring (bicyclic) bond motifs is 3. The molecule has 19 heavy (non-hydrogen) atoms. The molecule has 2 aromatic carbocycles. The molecule has 0 spiro atoms. The first kappa shape index (κ1) is 10.9. The van der Waals surface area contributed by atoms with Crippen molar-refractivity contribution in [2.75, 3.05) is 0 Å². The van der Waals surface area contributed by atoms with Gasteiger partial charge >= 0.3 is 0 Å². The van der Waals surface area contributed by atoms with Crippen LogP contribution in [0.4, 0.5) is 0 Å². The summed E-state index contributed by atoms with van der Waals surface area (Å²) < 4.78 is 3.24. The highest BCUT2D eigenvalue weighted by Gasteiger charge is 2.08. The minimum atomic E-state index is 1.10. The second-order valence-electron chi connectivity index (χ2n) is 4.60. The van der Waals surface area contributed by atoms with Gasteiger partial charge in [-0.05, 0) is 36.4 Å². The van der Waals surface area contributed by atoms with E-state index in [1.165, 1.54) is 22.0 Å². The molecule has 0 aliphatic carbocycles. The molecule has 1 N–H and O–H groups in total. The van der Waals surface area contributed by atoms with Gasteiger partial charge < -0.3 is 9.55 Å². The summed E-state index contributed by atoms with van der Waals surface area (Å²) in [5.74, 6) is 0. The van der Waals surface area contributed by atoms with Crippen LogP contribution in [-0.4, -0.2) is 9.55 Å². The molecule has 0 fully saturated rings. The minimum absolute atomic E-state index is 1.10. The van der Waals surface area contributed by atoms with E-state index in [9.17, 15) is 0 Å². The topological polar surface area (TPSA) is 20.7 Å². The molecule has 2 nitrogen and oxygen atoms in total. The van der Waals surface area contributed by atoms with E-state index in [1.54, 1.807) is 0 Å². The van der Waals surface area contributed by atoms with Crippen LogP contribution in [-0.2, 0) is 0 Å². The van der Waals surface area contributed by atoms with Gasteiger partial charge in [-0.1, -0.05) is 28.1 Å². The van der Waals surface area contributed by atoms with Crippen molar-refractivity contribution >= 4 is 37.7 Å². The smallest absolute Gasteiger partial charge is 0.0709 e. The lowest BCUT2D eigenvalue weighted by Gasteiger charge is -2.04. The predicted molar refractivity (Wildman–Crippen MR) is 82.8 cm³/mol. The van der Waals surface area contributed by atoms with Gasteiger partial charge in [0.05, 0.1) is 11.2 Å². The normalized spacial score (nSPS) is 11.4. The third kappa shape index (κ3) is 1.62. The number of para-hydroxylation sites is 1. The van der Waals surface area contributed by atoms with Crippen molar-refractivity contribution in [1.29, 1.82) is 0 Å². The maximum absolute atomic E-state index is 3.54. The largest absolute Gasteiger partial charge is 0.353 e. The lowest BCUT2D eigenvalue weighted by atomic mass is 10.1. The first-order valence-corrected chi connectivity index (χ1v) is 6.95. The Bertz CT molecular complexity index is 872. The molecule has 2 aromatic heterocycles. The number of rotatable bonds is 1. The Morgan fingerprint density at radius 3 is 2.58 bits per heavy atom. The molecule has 3 heteroatoms. The van der Waals surface area contributed by atoms with Crippen LogP contribution < -0.4 is 0 Å². The molecule has 0 bridgehead atoms. The van der Waals surface area contributed by atoms with Crippen molar-refractivity contribution in [3.05, 3.63) is 65.4 Å². The average molecular weight is 311 g/mol. The van der Waals surface area contributed by atoms with Gasteiger partial charge in [0.1, 0.15) is 0 Å². The Labute approximate surface area is 118 Å². The van der Waals surface area contributed by atoms with E-state index >= 15 is 0 Å². The molecule has 2 heterocycles. The average Bonchev–Trinajstić information content (AvgIpc) is 3.05. The second kappa shape index (κ2) is 4.00. The Hall–Kier alpha value is -2.00. The number of nitrogens with zero attached hydrogens (tertiary/aromatic N) is 1. The minimum Gasteiger partial charge on any atom is -0.353 e. The van der Waals surface area contributed by atoms with Crippen molar-refractivity contribution in [1.82, 2.24) is 9.55 Å². The highest BCUT2D eigenvalue weighted by molar-refractivity contribution is 9.10. The molecule has 92 valence electrons. The first-order chi connectivity index (χ1) is 9.33. The summed E-state index contributed by atoms with van der Waals surface area (Å²) in [5.41, 5.74) is 3.51. The van der Waals surface area contributed by atoms with E-state index in [1.807, 2.05) is 12.1 Å². The maximum atomic E-state index is 3.54. The zero-order valence-corrected chi connectivity index (χ0v) is 11.7. The van der Waals surface area contributed by atoms with Crippen molar-refractivity contribution in [3.8, 4) is 5.69 Å². The molecule has 0 aliphatic heterocycles. The summed E-state index contributed by atoms with van der Waals surface area (Å²) in [6.45, 7) is 0. The van der Waals surface area contributed by atoms with Gasteiger partial charge in [0, 0.05) is 33.2 Å². The van der Waals surface area contributed by atoms with E-state index < -0.39 is 0 Å². The molecule has 0 radical (unpaired) electrons. The lowest BCUT2D eigenvalue weighted by Crippen LogP contribution is -1.90. The standard InChI is InChI=1S/C16H11BrN2/c17-11-6-7-14-13(10-11)12-4-3-5-15(16(12)18-14)19-8-1-2-9-19/h1-10,18H. The molecule has 4 rings (SSSR count). The van der Waals surface area contributed by atoms with Crippen LogP contribution in [0.5, 0.6) is 0 Å². The summed E-state index contributed by atoms with van der Waals surface area (Å²) in [4.78, 5) is 3.52. The SMILES string of the molecule is Brc1ccc2[nH]c3c(-n4cccc4)cccc3c2c1. The molecule has 0 saturated heterocycles. The summed E-state index contributed by atoms with van der Waals surface area (Å²) in [6, 6.07) is 16.8. The number of aromatic amines is 1. The molecular weight excluding hydrogens is 300 g/mol. The maximum Gasteiger partial charge on any atom is 0.0709 e. The quantitative estimate of drug-likeness (QED) is 0.517. The van der Waals surface area contributed by atoms with Gasteiger partial charge in [0.25, 0.3) is 0 Å². The van der Waals surface area contributed by atoms with Crippen molar-refractivity contribution < 1.29 is 0 Å². The first-order valence-electron chi connectivity index (χ1n) is 6.16. The number of halogens is 1. The van der Waals surface area contributed by atoms with Gasteiger partial charge in [-0.15, -0.1) is 0 Å². The number of hydrogen-bond acceptors (Lipinski definition) is 0. The predicted octanol–water partition coefficient (Wildman–Crippen LogP) is 4.87. The van der Waals surface area contributed by atoms with Crippen LogP contribution in [0.3, 0.4) is 0 Å². The van der Waals surface area contributed by atoms with Gasteiger partial charge in [0.15, 0.2) is 0 Å². The Kier molecular flexibility index (Phi) is 2.29. The van der Waals surface area contributed by atoms with Gasteiger partial charge in [-0.25, -0.2) is 0 Å². The number of aromatic nitrogens is 2. The third-order valence-electron chi connectivity index (χ3n) is 3.46. The van der Waals surface area contributed by atoms with Crippen LogP contribution in [0, 0.1) is 0 Å². The molecule has 0 saturated carbocycles. The monoisotopic (exact) mass is 310 g/mol. The van der Waals surface area contributed by atoms with Gasteiger partial charge in [-0.2, -0.15) is 0 Å². The van der Waals surface area contributed by atoms with E-state index in [2.05, 4.69) is 74.3 Å². The zero-order chi connectivity index (χ0) is 12.8. The molecule has 0 atom stereocenters. The number of benzene rings is 2. The second-order valence-corrected chi connectivity index (χ2v) is 5.52. The molecule has 4 aromatic rings. The summed E-state index contributed by atoms with van der Waals surface area (Å²) in [7, 11) is 0. The van der Waals surface area contributed by atoms with Crippen LogP contribution in [0.2, 0.25) is 0 Å². The van der Waals surface area contributed by atoms with Gasteiger partial charge in [0.2, 0.25) is 0 Å². The van der Waals surface area contributed by atoms with Crippen molar-refractivity contribution in [2.45, 2.75) is 0 Å². The van der Waals surface area contributed by atoms with Crippen molar-refractivity contribution in [2.24, 2.45) is 0 Å². The van der Waals surface area contributed by atoms with E-state index in [-0.39, 0.29) is 0 Å². The zero-order valence-electron chi connectivity index (χ0n) is 10.1. The van der Waals surface area contributed by atoms with E-state index in [0.29, 0.717) is 0 Å². The highest BCUT2D eigenvalue weighted by atomic mass is 79.9. The van der Waals surface area contributed by atoms with Crippen LogP contribution in [0.25, 0.3) is 27.5 Å². The molecular formula is C16H11BrN2. The fraction of sp³-hybridized carbons (Fsp3) is 0. The third-order valence-corrected chi connectivity index (χ3v) is 3.95. The summed E-state index contributed by atoms with van der Waals surface area (Å²) >= 11 is 3.54. The Balaban J connectivity index is 2.15. The molecule has 0 unspecified atom stereocenters. The van der Waals surface area contributed by atoms with E-state index in [0.717, 1.165) is 9.99 Å². The fourth-order valence-corrected chi connectivity index (χ4v) is 2.95. The fourth-order valence-electron chi connectivity index (χ4n) is 2.59. The number of hydrogen-bond donors (Lipinski definition) is 1. The van der Waals surface area contributed by atoms with Crippen LogP contribution in [0.15, 0.2) is 65.4 Å². The van der Waals surface area contributed by atoms with E-state index in [4.69, 9.17) is 0 Å². The van der Waals surface area contributed by atoms with Crippen LogP contribution >= 0.6 is 15.9 Å². The van der Waals surface area contributed by atoms with Crippen LogP contribution in [0.1, 0.15) is 0 Å².